The second kappa shape index (κ2) is 9.28. The molecule has 6 heteroatoms. The molecule has 0 aliphatic heterocycles. The number of pyridine rings is 1. The van der Waals surface area contributed by atoms with Crippen molar-refractivity contribution in [3.63, 3.8) is 0 Å². The zero-order chi connectivity index (χ0) is 19.9. The Bertz CT molecular complexity index is 752. The van der Waals surface area contributed by atoms with Gasteiger partial charge in [-0.15, -0.1) is 0 Å². The highest BCUT2D eigenvalue weighted by Crippen LogP contribution is 2.12. The van der Waals surface area contributed by atoms with Crippen LogP contribution in [0.2, 0.25) is 0 Å². The van der Waals surface area contributed by atoms with Gasteiger partial charge in [-0.2, -0.15) is 0 Å². The molecule has 1 aromatic heterocycles. The Morgan fingerprint density at radius 1 is 1.07 bits per heavy atom. The fraction of sp³-hybridized carbons (Fsp3) is 0.381. The molecule has 1 aromatic carbocycles. The summed E-state index contributed by atoms with van der Waals surface area (Å²) >= 11 is 0. The van der Waals surface area contributed by atoms with Gasteiger partial charge >= 0.3 is 0 Å². The number of benzene rings is 1. The fourth-order valence-electron chi connectivity index (χ4n) is 2.50. The summed E-state index contributed by atoms with van der Waals surface area (Å²) in [5, 5.41) is 2.91. The van der Waals surface area contributed by atoms with Crippen LogP contribution in [0.3, 0.4) is 0 Å². The van der Waals surface area contributed by atoms with Gasteiger partial charge in [-0.1, -0.05) is 6.07 Å². The maximum Gasteiger partial charge on any atom is 0.254 e. The van der Waals surface area contributed by atoms with E-state index in [2.05, 4.69) is 10.3 Å². The molecule has 1 heterocycles. The number of ether oxygens (including phenoxy) is 1. The molecular formula is C21H27N3O3. The van der Waals surface area contributed by atoms with E-state index < -0.39 is 0 Å². The van der Waals surface area contributed by atoms with Crippen molar-refractivity contribution in [1.29, 1.82) is 0 Å². The van der Waals surface area contributed by atoms with Crippen molar-refractivity contribution in [3.8, 4) is 0 Å². The number of nitrogens with one attached hydrogen (secondary N) is 1. The molecule has 0 saturated heterocycles. The van der Waals surface area contributed by atoms with E-state index in [0.717, 1.165) is 5.69 Å². The van der Waals surface area contributed by atoms with Gasteiger partial charge in [0.05, 0.1) is 18.8 Å². The number of carbonyl (C=O) groups is 2. The van der Waals surface area contributed by atoms with Gasteiger partial charge in [-0.25, -0.2) is 0 Å². The van der Waals surface area contributed by atoms with Gasteiger partial charge in [-0.05, 0) is 57.2 Å². The Morgan fingerprint density at radius 3 is 2.30 bits per heavy atom. The lowest BCUT2D eigenvalue weighted by molar-refractivity contribution is 0.0677. The molecule has 0 radical (unpaired) electrons. The van der Waals surface area contributed by atoms with E-state index in [9.17, 15) is 9.59 Å². The third-order valence-corrected chi connectivity index (χ3v) is 3.81. The first-order valence-electron chi connectivity index (χ1n) is 8.91. The third kappa shape index (κ3) is 6.49. The number of nitrogens with zero attached hydrogens (tertiary/aromatic N) is 2. The maximum atomic E-state index is 12.9. The summed E-state index contributed by atoms with van der Waals surface area (Å²) in [5.41, 5.74) is 1.54. The average Bonchev–Trinajstić information content (AvgIpc) is 2.64. The first-order chi connectivity index (χ1) is 12.8. The van der Waals surface area contributed by atoms with Gasteiger partial charge in [0.1, 0.15) is 0 Å². The minimum absolute atomic E-state index is 0.125. The molecule has 27 heavy (non-hydrogen) atoms. The largest absolute Gasteiger partial charge is 0.383 e. The first-order valence-corrected chi connectivity index (χ1v) is 8.91. The predicted octanol–water partition coefficient (Wildman–Crippen LogP) is 2.90. The Kier molecular flexibility index (Phi) is 7.07. The molecule has 0 spiro atoms. The number of hydrogen-bond acceptors (Lipinski definition) is 4. The van der Waals surface area contributed by atoms with Crippen molar-refractivity contribution in [2.75, 3.05) is 20.3 Å². The van der Waals surface area contributed by atoms with Crippen molar-refractivity contribution in [2.45, 2.75) is 32.9 Å². The molecule has 2 rings (SSSR count). The van der Waals surface area contributed by atoms with Gasteiger partial charge in [0.2, 0.25) is 0 Å². The molecule has 0 bridgehead atoms. The van der Waals surface area contributed by atoms with Crippen LogP contribution in [0, 0.1) is 0 Å². The Morgan fingerprint density at radius 2 is 1.74 bits per heavy atom. The average molecular weight is 369 g/mol. The van der Waals surface area contributed by atoms with Crippen molar-refractivity contribution < 1.29 is 14.3 Å². The predicted molar refractivity (Wildman–Crippen MR) is 105 cm³/mol. The summed E-state index contributed by atoms with van der Waals surface area (Å²) in [6.07, 6.45) is 1.71. The minimum Gasteiger partial charge on any atom is -0.383 e. The lowest BCUT2D eigenvalue weighted by atomic mass is 10.1. The van der Waals surface area contributed by atoms with Gasteiger partial charge in [0.15, 0.2) is 0 Å². The number of methoxy groups -OCH3 is 1. The Hall–Kier alpha value is -2.73. The maximum absolute atomic E-state index is 12.9. The quantitative estimate of drug-likeness (QED) is 0.815. The van der Waals surface area contributed by atoms with E-state index in [1.165, 1.54) is 0 Å². The summed E-state index contributed by atoms with van der Waals surface area (Å²) < 4.78 is 5.13. The van der Waals surface area contributed by atoms with Gasteiger partial charge in [0.25, 0.3) is 11.8 Å². The van der Waals surface area contributed by atoms with Crippen molar-refractivity contribution in [3.05, 3.63) is 65.5 Å². The second-order valence-corrected chi connectivity index (χ2v) is 7.32. The lowest BCUT2D eigenvalue weighted by Gasteiger charge is -2.22. The molecule has 0 aliphatic rings. The van der Waals surface area contributed by atoms with Crippen molar-refractivity contribution in [2.24, 2.45) is 0 Å². The van der Waals surface area contributed by atoms with E-state index in [4.69, 9.17) is 4.74 Å². The topological polar surface area (TPSA) is 71.5 Å². The van der Waals surface area contributed by atoms with E-state index in [0.29, 0.717) is 30.8 Å². The number of rotatable bonds is 7. The summed E-state index contributed by atoms with van der Waals surface area (Å²) in [4.78, 5) is 31.1. The summed E-state index contributed by atoms with van der Waals surface area (Å²) in [6, 6.07) is 12.3. The van der Waals surface area contributed by atoms with Crippen molar-refractivity contribution >= 4 is 11.8 Å². The van der Waals surface area contributed by atoms with Gasteiger partial charge in [0, 0.05) is 36.5 Å². The van der Waals surface area contributed by atoms with E-state index in [-0.39, 0.29) is 17.4 Å². The number of hydrogen-bond donors (Lipinski definition) is 1. The zero-order valence-corrected chi connectivity index (χ0v) is 16.4. The SMILES string of the molecule is COCCN(Cc1ccccn1)C(=O)c1ccc(C(=O)NC(C)(C)C)cc1. The smallest absolute Gasteiger partial charge is 0.254 e. The van der Waals surface area contributed by atoms with Crippen LogP contribution in [-0.4, -0.2) is 47.5 Å². The van der Waals surface area contributed by atoms with Crippen LogP contribution in [0.1, 0.15) is 47.2 Å². The van der Waals surface area contributed by atoms with Crippen LogP contribution in [0.4, 0.5) is 0 Å². The third-order valence-electron chi connectivity index (χ3n) is 3.81. The molecule has 0 aliphatic carbocycles. The normalized spacial score (nSPS) is 11.1. The molecule has 1 N–H and O–H groups in total. The lowest BCUT2D eigenvalue weighted by Crippen LogP contribution is -2.40. The fourth-order valence-corrected chi connectivity index (χ4v) is 2.50. The highest BCUT2D eigenvalue weighted by atomic mass is 16.5. The van der Waals surface area contributed by atoms with Gasteiger partial charge < -0.3 is 15.0 Å². The zero-order valence-electron chi connectivity index (χ0n) is 16.4. The highest BCUT2D eigenvalue weighted by Gasteiger charge is 2.19. The Balaban J connectivity index is 2.13. The van der Waals surface area contributed by atoms with Gasteiger partial charge in [-0.3, -0.25) is 14.6 Å². The molecule has 0 atom stereocenters. The molecule has 0 saturated carbocycles. The summed E-state index contributed by atoms with van der Waals surface area (Å²) in [5.74, 6) is -0.285. The molecule has 0 fully saturated rings. The molecule has 2 amide bonds. The van der Waals surface area contributed by atoms with Crippen LogP contribution < -0.4 is 5.32 Å². The van der Waals surface area contributed by atoms with Crippen LogP contribution >= 0.6 is 0 Å². The van der Waals surface area contributed by atoms with Crippen LogP contribution in [0.25, 0.3) is 0 Å². The molecule has 6 nitrogen and oxygen atoms in total. The van der Waals surface area contributed by atoms with Crippen LogP contribution in [0.5, 0.6) is 0 Å². The molecule has 0 unspecified atom stereocenters. The standard InChI is InChI=1S/C21H27N3O3/c1-21(2,3)23-19(25)16-8-10-17(11-9-16)20(26)24(13-14-27-4)15-18-7-5-6-12-22-18/h5-12H,13-15H2,1-4H3,(H,23,25). The van der Waals surface area contributed by atoms with Crippen molar-refractivity contribution in [1.82, 2.24) is 15.2 Å². The molecule has 2 aromatic rings. The monoisotopic (exact) mass is 369 g/mol. The minimum atomic E-state index is -0.314. The number of carbonyl (C=O) groups excluding carboxylic acids is 2. The number of aromatic nitrogens is 1. The number of amides is 2. The van der Waals surface area contributed by atoms with E-state index in [1.807, 2.05) is 39.0 Å². The first kappa shape index (κ1) is 20.6. The van der Waals surface area contributed by atoms with E-state index >= 15 is 0 Å². The molecule has 144 valence electrons. The summed E-state index contributed by atoms with van der Waals surface area (Å²) in [6.45, 7) is 7.06. The second-order valence-electron chi connectivity index (χ2n) is 7.32. The van der Waals surface area contributed by atoms with Crippen LogP contribution in [0.15, 0.2) is 48.7 Å². The molecular weight excluding hydrogens is 342 g/mol. The summed E-state index contributed by atoms with van der Waals surface area (Å²) in [7, 11) is 1.60. The highest BCUT2D eigenvalue weighted by molar-refractivity contribution is 5.98. The Labute approximate surface area is 160 Å². The van der Waals surface area contributed by atoms with E-state index in [1.54, 1.807) is 42.5 Å². The van der Waals surface area contributed by atoms with Crippen LogP contribution in [-0.2, 0) is 11.3 Å².